The van der Waals surface area contributed by atoms with Crippen LogP contribution in [-0.4, -0.2) is 24.7 Å². The van der Waals surface area contributed by atoms with Crippen LogP contribution in [0.5, 0.6) is 11.5 Å². The van der Waals surface area contributed by atoms with Crippen LogP contribution in [0.1, 0.15) is 25.0 Å². The van der Waals surface area contributed by atoms with E-state index in [9.17, 15) is 4.79 Å². The van der Waals surface area contributed by atoms with E-state index < -0.39 is 6.10 Å². The fourth-order valence-corrected chi connectivity index (χ4v) is 2.28. The van der Waals surface area contributed by atoms with Gasteiger partial charge in [0.05, 0.1) is 6.04 Å². The van der Waals surface area contributed by atoms with Gasteiger partial charge in [-0.05, 0) is 57.0 Å². The topological polar surface area (TPSA) is 47.6 Å². The largest absolute Gasteiger partial charge is 0.491 e. The Morgan fingerprint density at radius 1 is 1.08 bits per heavy atom. The van der Waals surface area contributed by atoms with Crippen molar-refractivity contribution in [3.8, 4) is 11.5 Å². The lowest BCUT2D eigenvalue weighted by Crippen LogP contribution is -2.43. The fraction of sp³-hybridized carbons (Fsp3) is 0.350. The summed E-state index contributed by atoms with van der Waals surface area (Å²) in [6, 6.07) is 15.4. The van der Waals surface area contributed by atoms with Gasteiger partial charge in [0, 0.05) is 0 Å². The number of rotatable bonds is 7. The van der Waals surface area contributed by atoms with Crippen molar-refractivity contribution in [2.45, 2.75) is 39.8 Å². The minimum Gasteiger partial charge on any atom is -0.491 e. The molecule has 4 heteroatoms. The number of nitrogens with one attached hydrogen (secondary N) is 1. The third-order valence-electron chi connectivity index (χ3n) is 3.64. The maximum Gasteiger partial charge on any atom is 0.261 e. The van der Waals surface area contributed by atoms with Gasteiger partial charge in [0.15, 0.2) is 6.10 Å². The van der Waals surface area contributed by atoms with E-state index in [1.54, 1.807) is 6.92 Å². The highest BCUT2D eigenvalue weighted by atomic mass is 16.5. The van der Waals surface area contributed by atoms with Gasteiger partial charge in [-0.3, -0.25) is 4.79 Å². The Labute approximate surface area is 143 Å². The second-order valence-corrected chi connectivity index (χ2v) is 6.06. The van der Waals surface area contributed by atoms with Crippen LogP contribution in [0.15, 0.2) is 48.5 Å². The lowest BCUT2D eigenvalue weighted by atomic mass is 10.2. The van der Waals surface area contributed by atoms with Crippen molar-refractivity contribution in [3.05, 3.63) is 59.7 Å². The first-order chi connectivity index (χ1) is 11.5. The van der Waals surface area contributed by atoms with Crippen LogP contribution in [-0.2, 0) is 4.79 Å². The molecule has 1 amide bonds. The molecule has 0 bridgehead atoms. The summed E-state index contributed by atoms with van der Waals surface area (Å²) in [5.41, 5.74) is 2.17. The number of amides is 1. The van der Waals surface area contributed by atoms with Crippen molar-refractivity contribution in [1.29, 1.82) is 0 Å². The number of carbonyl (C=O) groups is 1. The predicted molar refractivity (Wildman–Crippen MR) is 95.5 cm³/mol. The molecule has 0 aromatic heterocycles. The number of benzene rings is 2. The van der Waals surface area contributed by atoms with E-state index in [1.165, 1.54) is 0 Å². The number of hydrogen-bond donors (Lipinski definition) is 1. The number of para-hydroxylation sites is 1. The molecule has 128 valence electrons. The molecule has 2 rings (SSSR count). The highest BCUT2D eigenvalue weighted by molar-refractivity contribution is 5.81. The SMILES string of the molecule is Cc1cccc(O[C@H](C)C(=O)N[C@@H](C)COc2ccccc2C)c1. The zero-order chi connectivity index (χ0) is 17.5. The molecule has 0 radical (unpaired) electrons. The first kappa shape index (κ1) is 17.9. The summed E-state index contributed by atoms with van der Waals surface area (Å²) in [7, 11) is 0. The third-order valence-corrected chi connectivity index (χ3v) is 3.64. The van der Waals surface area contributed by atoms with Crippen molar-refractivity contribution in [3.63, 3.8) is 0 Å². The van der Waals surface area contributed by atoms with Gasteiger partial charge in [-0.15, -0.1) is 0 Å². The second-order valence-electron chi connectivity index (χ2n) is 6.06. The standard InChI is InChI=1S/C20H25NO3/c1-14-8-7-10-18(12-14)24-17(4)20(22)21-16(3)13-23-19-11-6-5-9-15(19)2/h5-12,16-17H,13H2,1-4H3,(H,21,22)/t16-,17+/m0/s1. The monoisotopic (exact) mass is 327 g/mol. The Morgan fingerprint density at radius 3 is 2.54 bits per heavy atom. The van der Waals surface area contributed by atoms with Crippen molar-refractivity contribution in [1.82, 2.24) is 5.32 Å². The predicted octanol–water partition coefficient (Wildman–Crippen LogP) is 3.65. The molecule has 0 saturated heterocycles. The van der Waals surface area contributed by atoms with Crippen molar-refractivity contribution in [2.24, 2.45) is 0 Å². The minimum atomic E-state index is -0.562. The van der Waals surface area contributed by atoms with Gasteiger partial charge < -0.3 is 14.8 Å². The van der Waals surface area contributed by atoms with Gasteiger partial charge in [0.25, 0.3) is 5.91 Å². The molecule has 2 atom stereocenters. The molecule has 24 heavy (non-hydrogen) atoms. The minimum absolute atomic E-state index is 0.110. The molecule has 2 aromatic rings. The van der Waals surface area contributed by atoms with E-state index in [0.29, 0.717) is 12.4 Å². The summed E-state index contributed by atoms with van der Waals surface area (Å²) in [6.07, 6.45) is -0.562. The van der Waals surface area contributed by atoms with E-state index in [1.807, 2.05) is 69.3 Å². The maximum atomic E-state index is 12.2. The molecule has 0 spiro atoms. The van der Waals surface area contributed by atoms with Gasteiger partial charge in [0.1, 0.15) is 18.1 Å². The molecular weight excluding hydrogens is 302 g/mol. The average molecular weight is 327 g/mol. The number of carbonyl (C=O) groups excluding carboxylic acids is 1. The van der Waals surface area contributed by atoms with Crippen LogP contribution >= 0.6 is 0 Å². The van der Waals surface area contributed by atoms with Crippen molar-refractivity contribution < 1.29 is 14.3 Å². The normalized spacial score (nSPS) is 13.0. The van der Waals surface area contributed by atoms with E-state index in [2.05, 4.69) is 5.32 Å². The Bertz CT molecular complexity index is 684. The van der Waals surface area contributed by atoms with E-state index >= 15 is 0 Å². The quantitative estimate of drug-likeness (QED) is 0.844. The highest BCUT2D eigenvalue weighted by Crippen LogP contribution is 2.16. The molecule has 0 unspecified atom stereocenters. The molecule has 1 N–H and O–H groups in total. The van der Waals surface area contributed by atoms with Crippen LogP contribution in [0.3, 0.4) is 0 Å². The fourth-order valence-electron chi connectivity index (χ4n) is 2.28. The molecule has 2 aromatic carbocycles. The van der Waals surface area contributed by atoms with Crippen LogP contribution in [0.4, 0.5) is 0 Å². The van der Waals surface area contributed by atoms with Crippen LogP contribution in [0.2, 0.25) is 0 Å². The zero-order valence-electron chi connectivity index (χ0n) is 14.7. The summed E-state index contributed by atoms with van der Waals surface area (Å²) in [4.78, 5) is 12.2. The first-order valence-electron chi connectivity index (χ1n) is 8.18. The van der Waals surface area contributed by atoms with Crippen molar-refractivity contribution >= 4 is 5.91 Å². The molecule has 0 aliphatic rings. The Hall–Kier alpha value is -2.49. The average Bonchev–Trinajstić information content (AvgIpc) is 2.54. The highest BCUT2D eigenvalue weighted by Gasteiger charge is 2.17. The Kier molecular flexibility index (Phi) is 6.24. The van der Waals surface area contributed by atoms with Gasteiger partial charge >= 0.3 is 0 Å². The maximum absolute atomic E-state index is 12.2. The molecule has 4 nitrogen and oxygen atoms in total. The van der Waals surface area contributed by atoms with Gasteiger partial charge in [-0.1, -0.05) is 30.3 Å². The van der Waals surface area contributed by atoms with E-state index in [-0.39, 0.29) is 11.9 Å². The number of aryl methyl sites for hydroxylation is 2. The van der Waals surface area contributed by atoms with Gasteiger partial charge in [-0.2, -0.15) is 0 Å². The van der Waals surface area contributed by atoms with Crippen LogP contribution in [0.25, 0.3) is 0 Å². The summed E-state index contributed by atoms with van der Waals surface area (Å²) >= 11 is 0. The number of ether oxygens (including phenoxy) is 2. The lowest BCUT2D eigenvalue weighted by Gasteiger charge is -2.19. The Morgan fingerprint density at radius 2 is 1.83 bits per heavy atom. The third kappa shape index (κ3) is 5.30. The molecule has 0 saturated carbocycles. The first-order valence-corrected chi connectivity index (χ1v) is 8.18. The zero-order valence-corrected chi connectivity index (χ0v) is 14.7. The van der Waals surface area contributed by atoms with E-state index in [0.717, 1.165) is 16.9 Å². The van der Waals surface area contributed by atoms with Crippen LogP contribution < -0.4 is 14.8 Å². The number of hydrogen-bond acceptors (Lipinski definition) is 3. The second kappa shape index (κ2) is 8.39. The van der Waals surface area contributed by atoms with Gasteiger partial charge in [-0.25, -0.2) is 0 Å². The van der Waals surface area contributed by atoms with E-state index in [4.69, 9.17) is 9.47 Å². The summed E-state index contributed by atoms with van der Waals surface area (Å²) in [5.74, 6) is 1.38. The molecule has 0 aliphatic heterocycles. The summed E-state index contributed by atoms with van der Waals surface area (Å²) in [6.45, 7) is 8.05. The molecule has 0 fully saturated rings. The lowest BCUT2D eigenvalue weighted by molar-refractivity contribution is -0.128. The molecule has 0 heterocycles. The summed E-state index contributed by atoms with van der Waals surface area (Å²) < 4.78 is 11.4. The molecular formula is C20H25NO3. The molecule has 0 aliphatic carbocycles. The Balaban J connectivity index is 1.81. The summed E-state index contributed by atoms with van der Waals surface area (Å²) in [5, 5.41) is 2.92. The van der Waals surface area contributed by atoms with Gasteiger partial charge in [0.2, 0.25) is 0 Å². The smallest absolute Gasteiger partial charge is 0.261 e. The van der Waals surface area contributed by atoms with Crippen LogP contribution in [0, 0.1) is 13.8 Å². The van der Waals surface area contributed by atoms with Crippen molar-refractivity contribution in [2.75, 3.05) is 6.61 Å².